The molecule has 1 atom stereocenters. The normalized spacial score (nSPS) is 13.1. The molecule has 0 bridgehead atoms. The Labute approximate surface area is 105 Å². The molecule has 0 spiro atoms. The Morgan fingerprint density at radius 3 is 2.94 bits per heavy atom. The third-order valence-electron chi connectivity index (χ3n) is 2.53. The highest BCUT2D eigenvalue weighted by Crippen LogP contribution is 2.18. The molecule has 18 heavy (non-hydrogen) atoms. The largest absolute Gasteiger partial charge is 0.459 e. The molecule has 2 aromatic rings. The Morgan fingerprint density at radius 1 is 1.44 bits per heavy atom. The van der Waals surface area contributed by atoms with E-state index in [9.17, 15) is 5.11 Å². The minimum absolute atomic E-state index is 0.297. The van der Waals surface area contributed by atoms with Crippen molar-refractivity contribution in [3.05, 3.63) is 24.3 Å². The maximum atomic E-state index is 9.21. The van der Waals surface area contributed by atoms with Crippen LogP contribution >= 0.6 is 0 Å². The predicted octanol–water partition coefficient (Wildman–Crippen LogP) is 1.53. The molecule has 2 rings (SSSR count). The fourth-order valence-electron chi connectivity index (χ4n) is 1.53. The van der Waals surface area contributed by atoms with Crippen LogP contribution in [0.15, 0.2) is 27.2 Å². The van der Waals surface area contributed by atoms with E-state index in [-0.39, 0.29) is 6.10 Å². The number of nitrogens with zero attached hydrogens (tertiary/aromatic N) is 3. The van der Waals surface area contributed by atoms with Crippen LogP contribution in [0.5, 0.6) is 0 Å². The minimum Gasteiger partial charge on any atom is -0.459 e. The molecule has 0 aliphatic carbocycles. The van der Waals surface area contributed by atoms with Crippen LogP contribution in [0.2, 0.25) is 0 Å². The van der Waals surface area contributed by atoms with E-state index in [2.05, 4.69) is 10.2 Å². The average molecular weight is 251 g/mol. The van der Waals surface area contributed by atoms with E-state index in [0.29, 0.717) is 24.1 Å². The molecular weight excluding hydrogens is 234 g/mol. The summed E-state index contributed by atoms with van der Waals surface area (Å²) in [6.45, 7) is 3.10. The number of rotatable bonds is 6. The lowest BCUT2D eigenvalue weighted by molar-refractivity contribution is 0.159. The molecule has 1 unspecified atom stereocenters. The Hall–Kier alpha value is -1.66. The molecular formula is C12H17N3O3. The quantitative estimate of drug-likeness (QED) is 0.839. The summed E-state index contributed by atoms with van der Waals surface area (Å²) in [5.74, 6) is 1.49. The van der Waals surface area contributed by atoms with Gasteiger partial charge in [0.1, 0.15) is 0 Å². The van der Waals surface area contributed by atoms with Crippen LogP contribution in [0.25, 0.3) is 11.7 Å². The van der Waals surface area contributed by atoms with Gasteiger partial charge in [0.25, 0.3) is 5.89 Å². The number of aromatic nitrogens is 2. The lowest BCUT2D eigenvalue weighted by Gasteiger charge is -2.14. The molecule has 0 amide bonds. The Morgan fingerprint density at radius 2 is 2.28 bits per heavy atom. The first-order chi connectivity index (χ1) is 8.65. The molecule has 0 radical (unpaired) electrons. The van der Waals surface area contributed by atoms with Gasteiger partial charge in [-0.2, -0.15) is 0 Å². The van der Waals surface area contributed by atoms with Crippen LogP contribution in [0.4, 0.5) is 0 Å². The van der Waals surface area contributed by atoms with E-state index in [1.54, 1.807) is 25.3 Å². The molecule has 2 heterocycles. The van der Waals surface area contributed by atoms with Gasteiger partial charge in [0, 0.05) is 6.54 Å². The summed E-state index contributed by atoms with van der Waals surface area (Å²) >= 11 is 0. The maximum Gasteiger partial charge on any atom is 0.283 e. The van der Waals surface area contributed by atoms with Crippen LogP contribution in [0.3, 0.4) is 0 Å². The van der Waals surface area contributed by atoms with Crippen molar-refractivity contribution in [3.63, 3.8) is 0 Å². The zero-order chi connectivity index (χ0) is 13.0. The van der Waals surface area contributed by atoms with E-state index in [0.717, 1.165) is 13.0 Å². The summed E-state index contributed by atoms with van der Waals surface area (Å²) in [7, 11) is 1.94. The fourth-order valence-corrected chi connectivity index (χ4v) is 1.53. The second kappa shape index (κ2) is 5.79. The Kier molecular flexibility index (Phi) is 4.11. The van der Waals surface area contributed by atoms with E-state index in [1.165, 1.54) is 0 Å². The van der Waals surface area contributed by atoms with E-state index >= 15 is 0 Å². The van der Waals surface area contributed by atoms with Crippen molar-refractivity contribution in [2.24, 2.45) is 0 Å². The Balaban J connectivity index is 1.90. The minimum atomic E-state index is -0.297. The first-order valence-corrected chi connectivity index (χ1v) is 5.88. The molecule has 0 aliphatic heterocycles. The summed E-state index contributed by atoms with van der Waals surface area (Å²) in [6.07, 6.45) is 1.98. The van der Waals surface area contributed by atoms with Crippen molar-refractivity contribution in [1.82, 2.24) is 15.1 Å². The van der Waals surface area contributed by atoms with Crippen LogP contribution in [0, 0.1) is 0 Å². The van der Waals surface area contributed by atoms with Gasteiger partial charge in [0.15, 0.2) is 5.76 Å². The van der Waals surface area contributed by atoms with Crippen LogP contribution in [-0.4, -0.2) is 39.9 Å². The zero-order valence-corrected chi connectivity index (χ0v) is 10.5. The molecule has 6 nitrogen and oxygen atoms in total. The monoisotopic (exact) mass is 251 g/mol. The van der Waals surface area contributed by atoms with Gasteiger partial charge in [-0.05, 0) is 32.5 Å². The lowest BCUT2D eigenvalue weighted by Crippen LogP contribution is -2.22. The van der Waals surface area contributed by atoms with Gasteiger partial charge in [0.2, 0.25) is 5.89 Å². The molecule has 0 saturated carbocycles. The van der Waals surface area contributed by atoms with Gasteiger partial charge in [-0.25, -0.2) is 0 Å². The molecule has 0 fully saturated rings. The van der Waals surface area contributed by atoms with Crippen LogP contribution in [0.1, 0.15) is 19.2 Å². The second-order valence-electron chi connectivity index (χ2n) is 4.35. The summed E-state index contributed by atoms with van der Waals surface area (Å²) in [4.78, 5) is 2.02. The summed E-state index contributed by atoms with van der Waals surface area (Å²) in [5, 5.41) is 17.1. The number of furan rings is 1. The van der Waals surface area contributed by atoms with Gasteiger partial charge in [-0.15, -0.1) is 10.2 Å². The highest BCUT2D eigenvalue weighted by Gasteiger charge is 2.12. The standard InChI is InChI=1S/C12H17N3O3/c1-9(16)5-6-15(2)8-11-13-14-12(18-11)10-4-3-7-17-10/h3-4,7,9,16H,5-6,8H2,1-2H3. The molecule has 0 saturated heterocycles. The van der Waals surface area contributed by atoms with Crippen LogP contribution in [-0.2, 0) is 6.54 Å². The first kappa shape index (κ1) is 12.8. The van der Waals surface area contributed by atoms with Crippen molar-refractivity contribution in [2.45, 2.75) is 26.0 Å². The van der Waals surface area contributed by atoms with E-state index in [4.69, 9.17) is 8.83 Å². The van der Waals surface area contributed by atoms with Crippen molar-refractivity contribution in [3.8, 4) is 11.7 Å². The number of aliphatic hydroxyl groups excluding tert-OH is 1. The lowest BCUT2D eigenvalue weighted by atomic mass is 10.3. The molecule has 0 aliphatic rings. The van der Waals surface area contributed by atoms with E-state index in [1.807, 2.05) is 11.9 Å². The van der Waals surface area contributed by atoms with Gasteiger partial charge >= 0.3 is 0 Å². The van der Waals surface area contributed by atoms with Crippen molar-refractivity contribution in [2.75, 3.05) is 13.6 Å². The molecule has 2 aromatic heterocycles. The van der Waals surface area contributed by atoms with Crippen molar-refractivity contribution in [1.29, 1.82) is 0 Å². The number of aliphatic hydroxyl groups is 1. The van der Waals surface area contributed by atoms with Gasteiger partial charge < -0.3 is 13.9 Å². The average Bonchev–Trinajstić information content (AvgIpc) is 2.95. The highest BCUT2D eigenvalue weighted by molar-refractivity contribution is 5.42. The second-order valence-corrected chi connectivity index (χ2v) is 4.35. The fraction of sp³-hybridized carbons (Fsp3) is 0.500. The topological polar surface area (TPSA) is 75.5 Å². The van der Waals surface area contributed by atoms with Gasteiger partial charge in [0.05, 0.1) is 18.9 Å². The summed E-state index contributed by atoms with van der Waals surface area (Å²) in [6, 6.07) is 3.54. The third kappa shape index (κ3) is 3.41. The van der Waals surface area contributed by atoms with Crippen molar-refractivity contribution >= 4 is 0 Å². The highest BCUT2D eigenvalue weighted by atomic mass is 16.4. The maximum absolute atomic E-state index is 9.21. The smallest absolute Gasteiger partial charge is 0.283 e. The molecule has 6 heteroatoms. The Bertz CT molecular complexity index is 465. The van der Waals surface area contributed by atoms with E-state index < -0.39 is 0 Å². The molecule has 98 valence electrons. The van der Waals surface area contributed by atoms with Gasteiger partial charge in [-0.3, -0.25) is 4.90 Å². The summed E-state index contributed by atoms with van der Waals surface area (Å²) < 4.78 is 10.7. The van der Waals surface area contributed by atoms with Gasteiger partial charge in [-0.1, -0.05) is 0 Å². The number of hydrogen-bond acceptors (Lipinski definition) is 6. The zero-order valence-electron chi connectivity index (χ0n) is 10.5. The van der Waals surface area contributed by atoms with Crippen LogP contribution < -0.4 is 0 Å². The van der Waals surface area contributed by atoms with Crippen molar-refractivity contribution < 1.29 is 13.9 Å². The summed E-state index contributed by atoms with van der Waals surface area (Å²) in [5.41, 5.74) is 0. The third-order valence-corrected chi connectivity index (χ3v) is 2.53. The predicted molar refractivity (Wildman–Crippen MR) is 64.6 cm³/mol. The molecule has 1 N–H and O–H groups in total. The first-order valence-electron chi connectivity index (χ1n) is 5.88. The SMILES string of the molecule is CC(O)CCN(C)Cc1nnc(-c2ccco2)o1. The molecule has 0 aromatic carbocycles. The number of hydrogen-bond donors (Lipinski definition) is 1.